The highest BCUT2D eigenvalue weighted by atomic mass is 79.9. The normalized spacial score (nSPS) is 23.9. The standard InChI is InChI=1S/C13H13BrN2/c14-13(11-6-2-1-3-7-11)8-4-5-10(9-13)12(15)16/h1-8H,9H2,(H3,15,16). The van der Waals surface area contributed by atoms with Gasteiger partial charge in [-0.25, -0.2) is 0 Å². The van der Waals surface area contributed by atoms with E-state index in [2.05, 4.69) is 34.1 Å². The third kappa shape index (κ3) is 2.09. The maximum atomic E-state index is 7.48. The number of benzene rings is 1. The first kappa shape index (κ1) is 11.1. The van der Waals surface area contributed by atoms with Crippen molar-refractivity contribution in [3.05, 3.63) is 59.7 Å². The van der Waals surface area contributed by atoms with Gasteiger partial charge in [-0.05, 0) is 17.6 Å². The van der Waals surface area contributed by atoms with E-state index in [9.17, 15) is 0 Å². The smallest absolute Gasteiger partial charge is 0.118 e. The van der Waals surface area contributed by atoms with E-state index in [1.807, 2.05) is 30.4 Å². The minimum absolute atomic E-state index is 0.143. The topological polar surface area (TPSA) is 49.9 Å². The highest BCUT2D eigenvalue weighted by Crippen LogP contribution is 2.40. The minimum atomic E-state index is -0.232. The van der Waals surface area contributed by atoms with E-state index in [1.54, 1.807) is 0 Å². The van der Waals surface area contributed by atoms with Crippen molar-refractivity contribution in [2.24, 2.45) is 5.73 Å². The number of hydrogen-bond acceptors (Lipinski definition) is 1. The Bertz CT molecular complexity index is 462. The number of amidine groups is 1. The molecule has 1 aromatic carbocycles. The monoisotopic (exact) mass is 276 g/mol. The van der Waals surface area contributed by atoms with Gasteiger partial charge < -0.3 is 5.73 Å². The molecule has 16 heavy (non-hydrogen) atoms. The van der Waals surface area contributed by atoms with Crippen LogP contribution in [0.4, 0.5) is 0 Å². The average molecular weight is 277 g/mol. The lowest BCUT2D eigenvalue weighted by molar-refractivity contribution is 0.779. The Morgan fingerprint density at radius 2 is 2.00 bits per heavy atom. The molecule has 2 rings (SSSR count). The summed E-state index contributed by atoms with van der Waals surface area (Å²) in [7, 11) is 0. The van der Waals surface area contributed by atoms with Crippen LogP contribution >= 0.6 is 15.9 Å². The molecule has 0 aromatic heterocycles. The van der Waals surface area contributed by atoms with Crippen LogP contribution in [0.3, 0.4) is 0 Å². The first-order valence-electron chi connectivity index (χ1n) is 5.09. The van der Waals surface area contributed by atoms with E-state index in [0.29, 0.717) is 6.42 Å². The van der Waals surface area contributed by atoms with Gasteiger partial charge in [-0.1, -0.05) is 64.5 Å². The third-order valence-corrected chi connectivity index (χ3v) is 3.71. The summed E-state index contributed by atoms with van der Waals surface area (Å²) in [4.78, 5) is 0. The molecule has 0 radical (unpaired) electrons. The molecule has 0 saturated carbocycles. The molecule has 3 heteroatoms. The molecular weight excluding hydrogens is 264 g/mol. The zero-order valence-electron chi connectivity index (χ0n) is 8.78. The van der Waals surface area contributed by atoms with Gasteiger partial charge in [0, 0.05) is 0 Å². The summed E-state index contributed by atoms with van der Waals surface area (Å²) in [5.41, 5.74) is 7.57. The van der Waals surface area contributed by atoms with Crippen molar-refractivity contribution in [2.45, 2.75) is 10.7 Å². The SMILES string of the molecule is N=C(N)C1=CC=CC(Br)(c2ccccc2)C1. The molecule has 0 fully saturated rings. The van der Waals surface area contributed by atoms with Crippen molar-refractivity contribution in [2.75, 3.05) is 0 Å². The van der Waals surface area contributed by atoms with Gasteiger partial charge in [-0.15, -0.1) is 0 Å². The van der Waals surface area contributed by atoms with Crippen molar-refractivity contribution in [3.8, 4) is 0 Å². The highest BCUT2D eigenvalue weighted by Gasteiger charge is 2.29. The zero-order chi connectivity index (χ0) is 11.6. The Morgan fingerprint density at radius 1 is 1.31 bits per heavy atom. The second-order valence-electron chi connectivity index (χ2n) is 3.87. The summed E-state index contributed by atoms with van der Waals surface area (Å²) in [5, 5.41) is 7.48. The van der Waals surface area contributed by atoms with Crippen molar-refractivity contribution >= 4 is 21.8 Å². The molecule has 82 valence electrons. The third-order valence-electron chi connectivity index (χ3n) is 2.71. The number of alkyl halides is 1. The van der Waals surface area contributed by atoms with Crippen LogP contribution in [0.25, 0.3) is 0 Å². The number of nitrogens with one attached hydrogen (secondary N) is 1. The first-order chi connectivity index (χ1) is 7.62. The Hall–Kier alpha value is -1.35. The van der Waals surface area contributed by atoms with Crippen molar-refractivity contribution in [3.63, 3.8) is 0 Å². The molecule has 0 amide bonds. The highest BCUT2D eigenvalue weighted by molar-refractivity contribution is 9.09. The summed E-state index contributed by atoms with van der Waals surface area (Å²) < 4.78 is -0.232. The number of allylic oxidation sites excluding steroid dienone is 3. The van der Waals surface area contributed by atoms with E-state index >= 15 is 0 Å². The number of rotatable bonds is 2. The molecule has 1 aromatic rings. The van der Waals surface area contributed by atoms with E-state index in [0.717, 1.165) is 5.57 Å². The van der Waals surface area contributed by atoms with E-state index in [1.165, 1.54) is 5.56 Å². The van der Waals surface area contributed by atoms with Gasteiger partial charge in [0.25, 0.3) is 0 Å². The molecular formula is C13H13BrN2. The van der Waals surface area contributed by atoms with Crippen LogP contribution in [0.2, 0.25) is 0 Å². The van der Waals surface area contributed by atoms with E-state index < -0.39 is 0 Å². The molecule has 0 aliphatic heterocycles. The molecule has 0 heterocycles. The van der Waals surface area contributed by atoms with Crippen molar-refractivity contribution < 1.29 is 0 Å². The second-order valence-corrected chi connectivity index (χ2v) is 5.29. The van der Waals surface area contributed by atoms with Crippen molar-refractivity contribution in [1.29, 1.82) is 5.41 Å². The molecule has 3 N–H and O–H groups in total. The Labute approximate surface area is 103 Å². The van der Waals surface area contributed by atoms with Gasteiger partial charge in [0.05, 0.1) is 4.32 Å². The van der Waals surface area contributed by atoms with Crippen LogP contribution in [-0.4, -0.2) is 5.84 Å². The maximum absolute atomic E-state index is 7.48. The Kier molecular flexibility index (Phi) is 2.97. The van der Waals surface area contributed by atoms with E-state index in [-0.39, 0.29) is 10.2 Å². The van der Waals surface area contributed by atoms with Crippen LogP contribution in [-0.2, 0) is 4.32 Å². The lowest BCUT2D eigenvalue weighted by Gasteiger charge is -2.28. The van der Waals surface area contributed by atoms with Crippen LogP contribution in [0.5, 0.6) is 0 Å². The predicted molar refractivity (Wildman–Crippen MR) is 70.8 cm³/mol. The Morgan fingerprint density at radius 3 is 2.62 bits per heavy atom. The maximum Gasteiger partial charge on any atom is 0.118 e. The zero-order valence-corrected chi connectivity index (χ0v) is 10.4. The molecule has 0 saturated heterocycles. The van der Waals surface area contributed by atoms with Gasteiger partial charge in [0.15, 0.2) is 0 Å². The summed E-state index contributed by atoms with van der Waals surface area (Å²) in [6.07, 6.45) is 6.64. The molecule has 1 unspecified atom stereocenters. The number of halogens is 1. The summed E-state index contributed by atoms with van der Waals surface area (Å²) in [6, 6.07) is 10.2. The second kappa shape index (κ2) is 4.26. The largest absolute Gasteiger partial charge is 0.384 e. The fraction of sp³-hybridized carbons (Fsp3) is 0.154. The molecule has 1 aliphatic carbocycles. The van der Waals surface area contributed by atoms with E-state index in [4.69, 9.17) is 11.1 Å². The summed E-state index contributed by atoms with van der Waals surface area (Å²) in [6.45, 7) is 0. The fourth-order valence-corrected chi connectivity index (χ4v) is 2.53. The molecule has 2 nitrogen and oxygen atoms in total. The minimum Gasteiger partial charge on any atom is -0.384 e. The van der Waals surface area contributed by atoms with Gasteiger partial charge in [-0.3, -0.25) is 5.41 Å². The van der Waals surface area contributed by atoms with Gasteiger partial charge in [0.2, 0.25) is 0 Å². The summed E-state index contributed by atoms with van der Waals surface area (Å²) >= 11 is 3.73. The summed E-state index contributed by atoms with van der Waals surface area (Å²) in [5.74, 6) is 0.143. The number of nitrogens with two attached hydrogens (primary N) is 1. The van der Waals surface area contributed by atoms with Crippen LogP contribution in [0.1, 0.15) is 12.0 Å². The van der Waals surface area contributed by atoms with Crippen LogP contribution in [0, 0.1) is 5.41 Å². The molecule has 0 spiro atoms. The van der Waals surface area contributed by atoms with Gasteiger partial charge in [0.1, 0.15) is 5.84 Å². The molecule has 0 bridgehead atoms. The lowest BCUT2D eigenvalue weighted by atomic mass is 9.87. The molecule has 1 atom stereocenters. The average Bonchev–Trinajstić information content (AvgIpc) is 2.30. The predicted octanol–water partition coefficient (Wildman–Crippen LogP) is 3.10. The van der Waals surface area contributed by atoms with Crippen molar-refractivity contribution in [1.82, 2.24) is 0 Å². The molecule has 1 aliphatic rings. The quantitative estimate of drug-likeness (QED) is 0.487. The van der Waals surface area contributed by atoms with Gasteiger partial charge in [-0.2, -0.15) is 0 Å². The number of hydrogen-bond donors (Lipinski definition) is 2. The first-order valence-corrected chi connectivity index (χ1v) is 5.88. The van der Waals surface area contributed by atoms with Crippen LogP contribution < -0.4 is 5.73 Å². The lowest BCUT2D eigenvalue weighted by Crippen LogP contribution is -2.24. The fourth-order valence-electron chi connectivity index (χ4n) is 1.81. The van der Waals surface area contributed by atoms with Gasteiger partial charge >= 0.3 is 0 Å². The van der Waals surface area contributed by atoms with Crippen LogP contribution in [0.15, 0.2) is 54.1 Å². The Balaban J connectivity index is 2.33.